The van der Waals surface area contributed by atoms with E-state index in [1.54, 1.807) is 18.2 Å². The standard InChI is InChI=1S/C19H22Cl2N2O4S/c20-16-5-3-14(11-17(16)21)18-13-22(9-10-26-18)12-15-4-6-19(27-15)28(24,25)23-7-1-2-8-23/h3-6,11,18H,1-2,7-10,12-13H2. The second-order valence-corrected chi connectivity index (χ2v) is 9.78. The lowest BCUT2D eigenvalue weighted by Gasteiger charge is -2.32. The first-order valence-electron chi connectivity index (χ1n) is 9.31. The van der Waals surface area contributed by atoms with Crippen LogP contribution in [0.15, 0.2) is 39.8 Å². The molecule has 0 N–H and O–H groups in total. The fraction of sp³-hybridized carbons (Fsp3) is 0.474. The van der Waals surface area contributed by atoms with Gasteiger partial charge in [0, 0.05) is 26.2 Å². The number of benzene rings is 1. The smallest absolute Gasteiger partial charge is 0.276 e. The molecule has 1 atom stereocenters. The van der Waals surface area contributed by atoms with E-state index in [2.05, 4.69) is 4.90 Å². The van der Waals surface area contributed by atoms with Crippen LogP contribution in [-0.2, 0) is 21.3 Å². The molecule has 1 aromatic carbocycles. The normalized spacial score (nSPS) is 22.0. The minimum atomic E-state index is -3.52. The van der Waals surface area contributed by atoms with E-state index < -0.39 is 10.0 Å². The van der Waals surface area contributed by atoms with Crippen molar-refractivity contribution in [3.63, 3.8) is 0 Å². The number of ether oxygens (including phenoxy) is 1. The van der Waals surface area contributed by atoms with Gasteiger partial charge >= 0.3 is 0 Å². The molecule has 3 heterocycles. The summed E-state index contributed by atoms with van der Waals surface area (Å²) in [5.74, 6) is 0.632. The zero-order valence-electron chi connectivity index (χ0n) is 15.3. The minimum absolute atomic E-state index is 0.0266. The van der Waals surface area contributed by atoms with Crippen LogP contribution in [0, 0.1) is 0 Å². The molecule has 0 spiro atoms. The van der Waals surface area contributed by atoms with E-state index in [0.717, 1.165) is 24.9 Å². The van der Waals surface area contributed by atoms with E-state index in [1.807, 2.05) is 12.1 Å². The minimum Gasteiger partial charge on any atom is -0.447 e. The second-order valence-electron chi connectivity index (χ2n) is 7.10. The molecule has 2 aliphatic heterocycles. The maximum absolute atomic E-state index is 12.6. The molecular formula is C19H22Cl2N2O4S. The van der Waals surface area contributed by atoms with Crippen LogP contribution in [-0.4, -0.2) is 50.4 Å². The molecule has 2 fully saturated rings. The summed E-state index contributed by atoms with van der Waals surface area (Å²) < 4.78 is 38.3. The van der Waals surface area contributed by atoms with E-state index in [-0.39, 0.29) is 11.2 Å². The summed E-state index contributed by atoms with van der Waals surface area (Å²) in [6.07, 6.45) is 1.68. The first-order valence-corrected chi connectivity index (χ1v) is 11.5. The van der Waals surface area contributed by atoms with Crippen molar-refractivity contribution in [2.45, 2.75) is 30.6 Å². The molecule has 0 aliphatic carbocycles. The van der Waals surface area contributed by atoms with E-state index in [1.165, 1.54) is 4.31 Å². The summed E-state index contributed by atoms with van der Waals surface area (Å²) in [6, 6.07) is 8.80. The highest BCUT2D eigenvalue weighted by Gasteiger charge is 2.30. The Morgan fingerprint density at radius 1 is 1.04 bits per heavy atom. The van der Waals surface area contributed by atoms with Gasteiger partial charge in [-0.2, -0.15) is 4.31 Å². The molecule has 28 heavy (non-hydrogen) atoms. The lowest BCUT2D eigenvalue weighted by molar-refractivity contribution is -0.0349. The molecule has 9 heteroatoms. The molecule has 0 saturated carbocycles. The Kier molecular flexibility index (Phi) is 6.01. The molecule has 2 aliphatic rings. The monoisotopic (exact) mass is 444 g/mol. The average molecular weight is 445 g/mol. The van der Waals surface area contributed by atoms with E-state index in [4.69, 9.17) is 32.4 Å². The molecule has 2 aromatic rings. The van der Waals surface area contributed by atoms with Crippen LogP contribution in [0.1, 0.15) is 30.3 Å². The van der Waals surface area contributed by atoms with Crippen LogP contribution < -0.4 is 0 Å². The Balaban J connectivity index is 1.43. The number of rotatable bonds is 5. The maximum Gasteiger partial charge on any atom is 0.276 e. The maximum atomic E-state index is 12.6. The quantitative estimate of drug-likeness (QED) is 0.698. The number of furan rings is 1. The molecule has 4 rings (SSSR count). The number of sulfonamides is 1. The largest absolute Gasteiger partial charge is 0.447 e. The zero-order valence-corrected chi connectivity index (χ0v) is 17.6. The Morgan fingerprint density at radius 3 is 2.57 bits per heavy atom. The number of hydrogen-bond acceptors (Lipinski definition) is 5. The summed E-state index contributed by atoms with van der Waals surface area (Å²) in [6.45, 7) is 3.63. The van der Waals surface area contributed by atoms with Crippen LogP contribution in [0.25, 0.3) is 0 Å². The van der Waals surface area contributed by atoms with Gasteiger partial charge in [0.1, 0.15) is 5.76 Å². The first kappa shape index (κ1) is 20.2. The molecule has 0 radical (unpaired) electrons. The van der Waals surface area contributed by atoms with Gasteiger partial charge in [-0.1, -0.05) is 29.3 Å². The van der Waals surface area contributed by atoms with Gasteiger partial charge in [0.25, 0.3) is 10.0 Å². The predicted molar refractivity (Wildman–Crippen MR) is 107 cm³/mol. The average Bonchev–Trinajstić information content (AvgIpc) is 3.37. The Morgan fingerprint density at radius 2 is 1.82 bits per heavy atom. The highest BCUT2D eigenvalue weighted by Crippen LogP contribution is 2.30. The second kappa shape index (κ2) is 8.34. The van der Waals surface area contributed by atoms with Gasteiger partial charge in [0.2, 0.25) is 5.09 Å². The van der Waals surface area contributed by atoms with Crippen LogP contribution in [0.4, 0.5) is 0 Å². The summed E-state index contributed by atoms with van der Waals surface area (Å²) in [5, 5.41) is 1.04. The van der Waals surface area contributed by atoms with Gasteiger partial charge in [-0.05, 0) is 42.7 Å². The van der Waals surface area contributed by atoms with E-state index >= 15 is 0 Å². The van der Waals surface area contributed by atoms with Crippen molar-refractivity contribution in [3.8, 4) is 0 Å². The highest BCUT2D eigenvalue weighted by molar-refractivity contribution is 7.89. The van der Waals surface area contributed by atoms with Crippen molar-refractivity contribution >= 4 is 33.2 Å². The highest BCUT2D eigenvalue weighted by atomic mass is 35.5. The van der Waals surface area contributed by atoms with Gasteiger partial charge in [0.05, 0.1) is 29.3 Å². The van der Waals surface area contributed by atoms with Crippen LogP contribution in [0.2, 0.25) is 10.0 Å². The molecule has 6 nitrogen and oxygen atoms in total. The van der Waals surface area contributed by atoms with Gasteiger partial charge in [-0.25, -0.2) is 8.42 Å². The van der Waals surface area contributed by atoms with Crippen molar-refractivity contribution in [2.24, 2.45) is 0 Å². The van der Waals surface area contributed by atoms with E-state index in [9.17, 15) is 8.42 Å². The molecule has 0 bridgehead atoms. The zero-order chi connectivity index (χ0) is 19.7. The number of nitrogens with zero attached hydrogens (tertiary/aromatic N) is 2. The van der Waals surface area contributed by atoms with Crippen molar-refractivity contribution in [1.29, 1.82) is 0 Å². The van der Waals surface area contributed by atoms with Gasteiger partial charge < -0.3 is 9.15 Å². The van der Waals surface area contributed by atoms with Gasteiger partial charge in [0.15, 0.2) is 0 Å². The Bertz CT molecular complexity index is 941. The summed E-state index contributed by atoms with van der Waals surface area (Å²) in [4.78, 5) is 2.18. The summed E-state index contributed by atoms with van der Waals surface area (Å²) in [5.41, 5.74) is 0.968. The molecular weight excluding hydrogens is 423 g/mol. The summed E-state index contributed by atoms with van der Waals surface area (Å²) >= 11 is 12.1. The molecule has 2 saturated heterocycles. The number of hydrogen-bond donors (Lipinski definition) is 0. The Hall–Kier alpha value is -1.09. The number of halogens is 2. The fourth-order valence-corrected chi connectivity index (χ4v) is 5.37. The lowest BCUT2D eigenvalue weighted by Crippen LogP contribution is -2.37. The third-order valence-corrected chi connectivity index (χ3v) is 7.65. The van der Waals surface area contributed by atoms with Crippen LogP contribution in [0.3, 0.4) is 0 Å². The van der Waals surface area contributed by atoms with Crippen molar-refractivity contribution in [3.05, 3.63) is 51.7 Å². The van der Waals surface area contributed by atoms with Gasteiger partial charge in [-0.15, -0.1) is 0 Å². The predicted octanol–water partition coefficient (Wildman–Crippen LogP) is 3.94. The number of morpholine rings is 1. The van der Waals surface area contributed by atoms with Crippen LogP contribution in [0.5, 0.6) is 0 Å². The fourth-order valence-electron chi connectivity index (χ4n) is 3.62. The molecule has 0 amide bonds. The van der Waals surface area contributed by atoms with Crippen molar-refractivity contribution in [1.82, 2.24) is 9.21 Å². The third-order valence-electron chi connectivity index (χ3n) is 5.14. The topological polar surface area (TPSA) is 63.0 Å². The van der Waals surface area contributed by atoms with Gasteiger partial charge in [-0.3, -0.25) is 4.90 Å². The summed E-state index contributed by atoms with van der Waals surface area (Å²) in [7, 11) is -3.52. The first-order chi connectivity index (χ1) is 13.4. The van der Waals surface area contributed by atoms with Crippen molar-refractivity contribution in [2.75, 3.05) is 32.8 Å². The van der Waals surface area contributed by atoms with Crippen LogP contribution >= 0.6 is 23.2 Å². The lowest BCUT2D eigenvalue weighted by atomic mass is 10.1. The Labute approximate surface area is 175 Å². The van der Waals surface area contributed by atoms with Crippen molar-refractivity contribution < 1.29 is 17.6 Å². The SMILES string of the molecule is O=S(=O)(c1ccc(CN2CCOC(c3ccc(Cl)c(Cl)c3)C2)o1)N1CCCC1. The molecule has 1 aromatic heterocycles. The third kappa shape index (κ3) is 4.25. The van der Waals surface area contributed by atoms with E-state index in [0.29, 0.717) is 48.6 Å². The molecule has 152 valence electrons. The molecule has 1 unspecified atom stereocenters.